The summed E-state index contributed by atoms with van der Waals surface area (Å²) in [7, 11) is 0. The van der Waals surface area contributed by atoms with Gasteiger partial charge in [-0.05, 0) is 0 Å². The van der Waals surface area contributed by atoms with Gasteiger partial charge in [-0.25, -0.2) is 0 Å². The molecule has 0 atom stereocenters. The zero-order valence-corrected chi connectivity index (χ0v) is 4.12. The van der Waals surface area contributed by atoms with Crippen LogP contribution in [0.15, 0.2) is 0 Å². The Bertz CT molecular complexity index is 17.5. The Hall–Kier alpha value is 1.64. The zero-order valence-electron chi connectivity index (χ0n) is 2.00. The van der Waals surface area contributed by atoms with Gasteiger partial charge in [0.15, 0.2) is 0 Å². The largest absolute Gasteiger partial charge is 1.00 e. The summed E-state index contributed by atoms with van der Waals surface area (Å²) in [5, 5.41) is 0. The van der Waals surface area contributed by atoms with Crippen molar-refractivity contribution in [3.05, 3.63) is 0 Å². The summed E-state index contributed by atoms with van der Waals surface area (Å²) in [6, 6.07) is 0. The quantitative estimate of drug-likeness (QED) is 0.261. The summed E-state index contributed by atoms with van der Waals surface area (Å²) in [5.74, 6) is 0. The van der Waals surface area contributed by atoms with E-state index in [9.17, 15) is 0 Å². The molecule has 0 amide bonds. The minimum absolute atomic E-state index is 0. The van der Waals surface area contributed by atoms with Gasteiger partial charge in [0.25, 0.3) is 0 Å². The maximum absolute atomic E-state index is 0. The summed E-state index contributed by atoms with van der Waals surface area (Å²) >= 11 is 0. The van der Waals surface area contributed by atoms with Crippen molar-refractivity contribution in [3.63, 3.8) is 0 Å². The molecule has 0 aliphatic rings. The molecule has 0 nitrogen and oxygen atoms in total. The second kappa shape index (κ2) is 13400. The molecule has 0 heterocycles. The van der Waals surface area contributed by atoms with Crippen molar-refractivity contribution in [2.24, 2.45) is 0 Å². The smallest absolute Gasteiger partial charge is 1.00 e. The van der Waals surface area contributed by atoms with Crippen LogP contribution in [0.2, 0.25) is 0 Å². The molecule has 0 aliphatic heterocycles. The van der Waals surface area contributed by atoms with Crippen LogP contribution in [-0.2, 0) is 0 Å². The van der Waals surface area contributed by atoms with Crippen LogP contribution in [0.25, 0.3) is 0 Å². The average Bonchev–Trinajstić information content (AvgIpc) is 0. The van der Waals surface area contributed by atoms with Gasteiger partial charge in [0.05, 0.1) is 0 Å². The fraction of sp³-hybridized carbons (Fsp3) is 1.00. The van der Waals surface area contributed by atoms with Gasteiger partial charge < -0.3 is 1.43 Å². The van der Waals surface area contributed by atoms with Crippen LogP contribution in [-0.4, -0.2) is 0 Å². The Kier molecular flexibility index (Phi) is 5930000. The Labute approximate surface area is 289 Å². The second-order valence-electron chi connectivity index (χ2n) is 0. The first-order valence-corrected chi connectivity index (χ1v) is 0. The molecule has 0 aromatic carbocycles. The Morgan fingerprint density at radius 2 is 0.121 bits per heavy atom. The van der Waals surface area contributed by atoms with E-state index in [4.69, 9.17) is 0 Å². The fourth-order valence-corrected chi connectivity index (χ4v) is 0. The van der Waals surface area contributed by atoms with Gasteiger partial charge in [0.1, 0.15) is 0 Å². The number of hydrogen-bond acceptors (Lipinski definition) is 0. The molecule has 0 saturated carbocycles. The normalized spacial score (nSPS) is 0. The first-order valence-electron chi connectivity index (χ1n) is 0. The van der Waals surface area contributed by atoms with Crippen molar-refractivity contribution in [1.82, 2.24) is 0 Å². The van der Waals surface area contributed by atoms with Gasteiger partial charge in [-0.3, -0.25) is 0 Å². The predicted molar refractivity (Wildman–Crippen MR) is 219 cm³/mol. The van der Waals surface area contributed by atoms with Gasteiger partial charge in [-0.2, -0.15) is 0 Å². The number of hydrogen-bond donors (Lipinski definition) is 0. The Morgan fingerprint density at radius 1 is 0.121 bits per heavy atom. The van der Waals surface area contributed by atoms with Crippen molar-refractivity contribution < 1.29 is 54.2 Å². The molecule has 0 radical (unpaired) electrons. The first kappa shape index (κ1) is 14600. The third-order valence-electron chi connectivity index (χ3n) is 0. The topological polar surface area (TPSA) is 0 Å². The maximum Gasteiger partial charge on any atom is 1.00 e. The molecule has 0 spiro atoms. The van der Waals surface area contributed by atoms with E-state index < -0.39 is 0 Å². The van der Waals surface area contributed by atoms with Gasteiger partial charge in [-0.1, -0.05) is 238 Å². The molecule has 0 aliphatic carbocycles. The third kappa shape index (κ3) is 12600. The molecule has 0 aromatic rings. The summed E-state index contributed by atoms with van der Waals surface area (Å²) in [4.78, 5) is 0. The molecule has 0 unspecified atom stereocenters. The second-order valence-corrected chi connectivity index (χ2v) is 0. The number of rotatable bonds is 0. The van der Waals surface area contributed by atoms with Crippen LogP contribution in [0.5, 0.6) is 0 Å². The van der Waals surface area contributed by atoms with Crippen molar-refractivity contribution in [3.8, 4) is 0 Å². The minimum atomic E-state index is 0. The molecule has 0 bridgehead atoms. The van der Waals surface area contributed by atoms with E-state index >= 15 is 0 Å². The van der Waals surface area contributed by atoms with Crippen LogP contribution in [0.1, 0.15) is 241 Å². The van der Waals surface area contributed by atoms with Crippen LogP contribution >= 0.6 is 0 Å². The van der Waals surface area contributed by atoms with E-state index in [1.54, 1.807) is 0 Å². The van der Waals surface area contributed by atoms with Gasteiger partial charge in [0.2, 0.25) is 0 Å². The SMILES string of the molecule is C.C.C.C.C.C.C.C.C.C.C.C.C.C.C.C.C.C.C.C.C.C.C.C.C.C.C.C.C.C.C.C.[H-].[HH].[K+]. The van der Waals surface area contributed by atoms with E-state index in [0.717, 1.165) is 0 Å². The first-order chi connectivity index (χ1) is 0. The Balaban J connectivity index is 0. The van der Waals surface area contributed by atoms with E-state index in [2.05, 4.69) is 0 Å². The summed E-state index contributed by atoms with van der Waals surface area (Å²) < 4.78 is 0. The molecular formula is C32H131K. The summed E-state index contributed by atoms with van der Waals surface area (Å²) in [5.41, 5.74) is 0. The summed E-state index contributed by atoms with van der Waals surface area (Å²) in [6.07, 6.45) is 0. The van der Waals surface area contributed by atoms with E-state index in [-0.39, 0.29) is 292 Å². The molecule has 33 heavy (non-hydrogen) atoms. The van der Waals surface area contributed by atoms with Gasteiger partial charge in [-0.15, -0.1) is 0 Å². The minimum Gasteiger partial charge on any atom is -1.00 e. The van der Waals surface area contributed by atoms with E-state index in [1.165, 1.54) is 0 Å². The van der Waals surface area contributed by atoms with Gasteiger partial charge >= 0.3 is 51.4 Å². The van der Waals surface area contributed by atoms with E-state index in [0.29, 0.717) is 0 Å². The standard InChI is InChI=1S/32CH4.K.H2.H/h32*1H4;;1H;/q;;;;;;;;;;;;;;;;;;;;;;;;;;;;;;;;+1;;-1. The predicted octanol–water partition coefficient (Wildman–Crippen LogP) is 17.7. The monoisotopic (exact) mass is 555 g/mol. The molecule has 1 heteroatoms. The van der Waals surface area contributed by atoms with Gasteiger partial charge in [0, 0.05) is 1.43 Å². The molecule has 0 fully saturated rings. The van der Waals surface area contributed by atoms with Crippen LogP contribution < -0.4 is 51.4 Å². The van der Waals surface area contributed by atoms with Crippen LogP contribution in [0.4, 0.5) is 0 Å². The molecular weight excluding hydrogens is 423 g/mol. The molecule has 0 rings (SSSR count). The third-order valence-corrected chi connectivity index (χ3v) is 0. The van der Waals surface area contributed by atoms with Crippen molar-refractivity contribution in [2.45, 2.75) is 238 Å². The molecule has 0 N–H and O–H groups in total. The fourth-order valence-electron chi connectivity index (χ4n) is 0. The van der Waals surface area contributed by atoms with Crippen molar-refractivity contribution in [2.75, 3.05) is 0 Å². The van der Waals surface area contributed by atoms with Crippen molar-refractivity contribution >= 4 is 0 Å². The van der Waals surface area contributed by atoms with Crippen molar-refractivity contribution in [1.29, 1.82) is 0 Å². The zero-order chi connectivity index (χ0) is 0. The molecule has 0 saturated heterocycles. The Morgan fingerprint density at radius 3 is 0.121 bits per heavy atom. The van der Waals surface area contributed by atoms with Crippen LogP contribution in [0.3, 0.4) is 0 Å². The van der Waals surface area contributed by atoms with E-state index in [1.807, 2.05) is 0 Å². The maximum atomic E-state index is 0. The van der Waals surface area contributed by atoms with Crippen LogP contribution in [0, 0.1) is 0 Å². The average molecular weight is 555 g/mol. The molecule has 260 valence electrons. The molecule has 0 aromatic heterocycles. The summed E-state index contributed by atoms with van der Waals surface area (Å²) in [6.45, 7) is 0.